The third-order valence-electron chi connectivity index (χ3n) is 7.47. The average Bonchev–Trinajstić information content (AvgIpc) is 2.86. The lowest BCUT2D eigenvalue weighted by atomic mass is 9.64. The monoisotopic (exact) mass is 491 g/mol. The molecule has 0 radical (unpaired) electrons. The molecule has 5 nitrogen and oxygen atoms in total. The van der Waals surface area contributed by atoms with Crippen LogP contribution in [-0.2, 0) is 14.4 Å². The molecule has 0 amide bonds. The Morgan fingerprint density at radius 3 is 2.69 bits per heavy atom. The highest BCUT2D eigenvalue weighted by atomic mass is 16.6. The van der Waals surface area contributed by atoms with Crippen LogP contribution in [0.1, 0.15) is 83.1 Å². The lowest BCUT2D eigenvalue weighted by Crippen LogP contribution is -2.32. The van der Waals surface area contributed by atoms with Gasteiger partial charge in [-0.25, -0.2) is 0 Å². The standard InChI is InChI=1S/C31H41NO4/c1-30(20-9-7-17-28(30)32-36-24-11-18-29(34)35-2)19-8-6-16-27(33)25-31(22-12-23-31)21-10-15-26-13-4-3-5-14-26/h3-6,8,13-14,16,19,27,33H,7,9,11-12,17-18,20-25H2,1-2H3/b16-6+,19-8+,32-28+/t27-,30-/m1/s1. The van der Waals surface area contributed by atoms with Crippen molar-refractivity contribution in [1.29, 1.82) is 0 Å². The molecule has 194 valence electrons. The first-order chi connectivity index (χ1) is 17.4. The number of allylic oxidation sites excluding steroid dienone is 3. The zero-order chi connectivity index (χ0) is 25.7. The van der Waals surface area contributed by atoms with Crippen molar-refractivity contribution in [2.75, 3.05) is 13.7 Å². The van der Waals surface area contributed by atoms with Crippen LogP contribution in [0.15, 0.2) is 59.8 Å². The number of aliphatic hydroxyl groups is 1. The van der Waals surface area contributed by atoms with Crippen LogP contribution in [0.5, 0.6) is 0 Å². The number of ether oxygens (including phenoxy) is 1. The van der Waals surface area contributed by atoms with E-state index in [-0.39, 0.29) is 16.8 Å². The van der Waals surface area contributed by atoms with Crippen molar-refractivity contribution in [1.82, 2.24) is 0 Å². The van der Waals surface area contributed by atoms with Crippen LogP contribution in [0, 0.1) is 22.7 Å². The van der Waals surface area contributed by atoms with Gasteiger partial charge in [-0.3, -0.25) is 4.79 Å². The lowest BCUT2D eigenvalue weighted by Gasteiger charge is -2.41. The molecule has 0 aromatic heterocycles. The van der Waals surface area contributed by atoms with Crippen molar-refractivity contribution in [2.45, 2.75) is 83.7 Å². The third kappa shape index (κ3) is 8.68. The highest BCUT2D eigenvalue weighted by Crippen LogP contribution is 2.47. The molecule has 0 spiro atoms. The molecule has 1 N–H and O–H groups in total. The number of benzene rings is 1. The number of carbonyl (C=O) groups excluding carboxylic acids is 1. The van der Waals surface area contributed by atoms with E-state index >= 15 is 0 Å². The first kappa shape index (κ1) is 27.7. The van der Waals surface area contributed by atoms with Gasteiger partial charge in [0.1, 0.15) is 6.61 Å². The Morgan fingerprint density at radius 2 is 1.97 bits per heavy atom. The van der Waals surface area contributed by atoms with E-state index in [1.165, 1.54) is 13.5 Å². The third-order valence-corrected chi connectivity index (χ3v) is 7.47. The Labute approximate surface area is 216 Å². The molecule has 0 heterocycles. The minimum Gasteiger partial charge on any atom is -0.469 e. The molecule has 0 unspecified atom stereocenters. The molecule has 2 saturated carbocycles. The second-order valence-electron chi connectivity index (χ2n) is 10.4. The zero-order valence-corrected chi connectivity index (χ0v) is 21.9. The van der Waals surface area contributed by atoms with Gasteiger partial charge in [0.2, 0.25) is 0 Å². The normalized spacial score (nSPS) is 23.1. The Kier molecular flexibility index (Phi) is 10.8. The predicted molar refractivity (Wildman–Crippen MR) is 144 cm³/mol. The fourth-order valence-corrected chi connectivity index (χ4v) is 5.01. The van der Waals surface area contributed by atoms with E-state index in [1.807, 2.05) is 48.6 Å². The van der Waals surface area contributed by atoms with Crippen molar-refractivity contribution >= 4 is 11.7 Å². The van der Waals surface area contributed by atoms with Gasteiger partial charge in [0, 0.05) is 23.8 Å². The number of methoxy groups -OCH3 is 1. The summed E-state index contributed by atoms with van der Waals surface area (Å²) in [7, 11) is 1.39. The zero-order valence-electron chi connectivity index (χ0n) is 21.9. The first-order valence-corrected chi connectivity index (χ1v) is 13.3. The van der Waals surface area contributed by atoms with Crippen molar-refractivity contribution in [3.05, 3.63) is 60.2 Å². The number of nitrogens with zero attached hydrogens (tertiary/aromatic N) is 1. The summed E-state index contributed by atoms with van der Waals surface area (Å²) in [5, 5.41) is 15.1. The molecule has 0 saturated heterocycles. The van der Waals surface area contributed by atoms with E-state index in [9.17, 15) is 9.90 Å². The molecule has 2 atom stereocenters. The minimum absolute atomic E-state index is 0.135. The van der Waals surface area contributed by atoms with Crippen molar-refractivity contribution < 1.29 is 19.5 Å². The summed E-state index contributed by atoms with van der Waals surface area (Å²) in [5.74, 6) is 6.39. The number of oxime groups is 1. The fraction of sp³-hybridized carbons (Fsp3) is 0.548. The number of hydrogen-bond acceptors (Lipinski definition) is 5. The van der Waals surface area contributed by atoms with Gasteiger partial charge < -0.3 is 14.7 Å². The van der Waals surface area contributed by atoms with Gasteiger partial charge in [-0.1, -0.05) is 79.3 Å². The molecule has 2 aliphatic rings. The topological polar surface area (TPSA) is 68.1 Å². The number of esters is 1. The second-order valence-corrected chi connectivity index (χ2v) is 10.4. The quantitative estimate of drug-likeness (QED) is 0.128. The van der Waals surface area contributed by atoms with Gasteiger partial charge in [0.05, 0.1) is 18.9 Å². The highest BCUT2D eigenvalue weighted by molar-refractivity contribution is 5.91. The second kappa shape index (κ2) is 14.0. The van der Waals surface area contributed by atoms with E-state index < -0.39 is 6.10 Å². The minimum atomic E-state index is -0.473. The van der Waals surface area contributed by atoms with E-state index in [0.717, 1.165) is 62.6 Å². The molecule has 5 heteroatoms. The maximum Gasteiger partial charge on any atom is 0.305 e. The van der Waals surface area contributed by atoms with E-state index in [0.29, 0.717) is 19.4 Å². The summed E-state index contributed by atoms with van der Waals surface area (Å²) in [6, 6.07) is 10.1. The van der Waals surface area contributed by atoms with E-state index in [4.69, 9.17) is 4.84 Å². The summed E-state index contributed by atoms with van der Waals surface area (Å²) in [6.07, 6.45) is 17.8. The smallest absolute Gasteiger partial charge is 0.305 e. The Hall–Kier alpha value is -2.84. The van der Waals surface area contributed by atoms with Gasteiger partial charge in [0.25, 0.3) is 0 Å². The lowest BCUT2D eigenvalue weighted by molar-refractivity contribution is -0.141. The van der Waals surface area contributed by atoms with Gasteiger partial charge in [-0.05, 0) is 62.5 Å². The summed E-state index contributed by atoms with van der Waals surface area (Å²) in [5.41, 5.74) is 2.07. The van der Waals surface area contributed by atoms with E-state index in [1.54, 1.807) is 0 Å². The van der Waals surface area contributed by atoms with Crippen LogP contribution < -0.4 is 0 Å². The van der Waals surface area contributed by atoms with Crippen LogP contribution >= 0.6 is 0 Å². The highest BCUT2D eigenvalue weighted by Gasteiger charge is 2.37. The Morgan fingerprint density at radius 1 is 1.17 bits per heavy atom. The maximum absolute atomic E-state index is 11.2. The number of carbonyl (C=O) groups is 1. The average molecular weight is 492 g/mol. The molecule has 1 aromatic rings. The van der Waals surface area contributed by atoms with Crippen LogP contribution in [0.2, 0.25) is 0 Å². The molecule has 0 bridgehead atoms. The summed E-state index contributed by atoms with van der Waals surface area (Å²) < 4.78 is 4.65. The summed E-state index contributed by atoms with van der Waals surface area (Å²) in [4.78, 5) is 16.7. The number of rotatable bonds is 11. The maximum atomic E-state index is 11.2. The Balaban J connectivity index is 1.49. The molecule has 36 heavy (non-hydrogen) atoms. The number of aliphatic hydroxyl groups excluding tert-OH is 1. The van der Waals surface area contributed by atoms with Gasteiger partial charge in [-0.15, -0.1) is 0 Å². The van der Waals surface area contributed by atoms with Gasteiger partial charge in [-0.2, -0.15) is 0 Å². The van der Waals surface area contributed by atoms with Crippen LogP contribution in [0.4, 0.5) is 0 Å². The fourth-order valence-electron chi connectivity index (χ4n) is 5.01. The Bertz CT molecular complexity index is 981. The molecule has 0 aliphatic heterocycles. The van der Waals surface area contributed by atoms with Crippen molar-refractivity contribution in [2.24, 2.45) is 16.0 Å². The van der Waals surface area contributed by atoms with Gasteiger partial charge in [0.15, 0.2) is 0 Å². The predicted octanol–water partition coefficient (Wildman–Crippen LogP) is 6.37. The summed E-state index contributed by atoms with van der Waals surface area (Å²) >= 11 is 0. The van der Waals surface area contributed by atoms with Crippen molar-refractivity contribution in [3.8, 4) is 11.8 Å². The largest absolute Gasteiger partial charge is 0.469 e. The van der Waals surface area contributed by atoms with Crippen LogP contribution in [-0.4, -0.2) is 36.6 Å². The van der Waals surface area contributed by atoms with Crippen LogP contribution in [0.25, 0.3) is 0 Å². The SMILES string of the molecule is COC(=O)CCCO/N=C1\CCCC[C@@]1(C)/C=C/C=C/[C@@H](O)CC1(CC#Cc2ccccc2)CCC1. The summed E-state index contributed by atoms with van der Waals surface area (Å²) in [6.45, 7) is 2.60. The molecule has 3 rings (SSSR count). The van der Waals surface area contributed by atoms with Crippen LogP contribution in [0.3, 0.4) is 0 Å². The molecule has 1 aromatic carbocycles. The van der Waals surface area contributed by atoms with Gasteiger partial charge >= 0.3 is 5.97 Å². The molecule has 2 aliphatic carbocycles. The molecular formula is C31H41NO4. The number of hydrogen-bond donors (Lipinski definition) is 1. The van der Waals surface area contributed by atoms with Crippen molar-refractivity contribution in [3.63, 3.8) is 0 Å². The first-order valence-electron chi connectivity index (χ1n) is 13.3. The molecule has 2 fully saturated rings. The van der Waals surface area contributed by atoms with E-state index in [2.05, 4.69) is 34.7 Å². The molecular weight excluding hydrogens is 450 g/mol.